The Labute approximate surface area is 96.7 Å². The molecule has 1 aliphatic rings. The number of nitrogens with zero attached hydrogens (tertiary/aromatic N) is 1. The molecule has 1 aliphatic heterocycles. The van der Waals surface area contributed by atoms with Gasteiger partial charge in [0.2, 0.25) is 0 Å². The standard InChI is InChI=1S/C9H8Cl2N2O2/c1-2-15-9(14)8-7(11)5(4-12)6(3-10)13-8/h12H,2-3H2,1H3. The van der Waals surface area contributed by atoms with Crippen molar-refractivity contribution in [3.05, 3.63) is 16.3 Å². The van der Waals surface area contributed by atoms with Crippen LogP contribution in [0.25, 0.3) is 0 Å². The molecule has 4 nitrogen and oxygen atoms in total. The third-order valence-electron chi connectivity index (χ3n) is 1.68. The predicted molar refractivity (Wildman–Crippen MR) is 58.9 cm³/mol. The van der Waals surface area contributed by atoms with Gasteiger partial charge in [-0.1, -0.05) is 11.6 Å². The summed E-state index contributed by atoms with van der Waals surface area (Å²) in [4.78, 5) is 15.3. The first-order valence-corrected chi connectivity index (χ1v) is 5.07. The number of aliphatic imine (C=N–C) groups is 1. The van der Waals surface area contributed by atoms with Crippen molar-refractivity contribution in [1.29, 1.82) is 5.41 Å². The summed E-state index contributed by atoms with van der Waals surface area (Å²) >= 11 is 11.4. The van der Waals surface area contributed by atoms with Gasteiger partial charge in [0, 0.05) is 0 Å². The molecule has 0 aliphatic carbocycles. The van der Waals surface area contributed by atoms with Crippen molar-refractivity contribution in [2.75, 3.05) is 12.5 Å². The molecule has 80 valence electrons. The second kappa shape index (κ2) is 5.12. The first-order valence-electron chi connectivity index (χ1n) is 4.16. The quantitative estimate of drug-likeness (QED) is 0.470. The summed E-state index contributed by atoms with van der Waals surface area (Å²) in [5.74, 6) is 1.55. The summed E-state index contributed by atoms with van der Waals surface area (Å²) in [5, 5.41) is 7.07. The zero-order valence-electron chi connectivity index (χ0n) is 7.93. The van der Waals surface area contributed by atoms with Gasteiger partial charge in [0.05, 0.1) is 28.8 Å². The Morgan fingerprint density at radius 3 is 2.73 bits per heavy atom. The van der Waals surface area contributed by atoms with E-state index in [0.717, 1.165) is 0 Å². The van der Waals surface area contributed by atoms with Gasteiger partial charge in [-0.2, -0.15) is 0 Å². The van der Waals surface area contributed by atoms with Gasteiger partial charge in [-0.25, -0.2) is 9.79 Å². The number of ether oxygens (including phenoxy) is 1. The number of alkyl halides is 1. The van der Waals surface area contributed by atoms with Crippen molar-refractivity contribution < 1.29 is 9.53 Å². The molecule has 0 aromatic heterocycles. The van der Waals surface area contributed by atoms with Crippen LogP contribution in [0.4, 0.5) is 0 Å². The molecule has 0 amide bonds. The number of hydrogen-bond donors (Lipinski definition) is 1. The van der Waals surface area contributed by atoms with Crippen LogP contribution >= 0.6 is 23.2 Å². The molecule has 0 saturated carbocycles. The molecule has 1 heterocycles. The van der Waals surface area contributed by atoms with Crippen LogP contribution in [0.3, 0.4) is 0 Å². The zero-order valence-corrected chi connectivity index (χ0v) is 9.45. The van der Waals surface area contributed by atoms with Gasteiger partial charge in [0.1, 0.15) is 0 Å². The topological polar surface area (TPSA) is 62.5 Å². The number of carbonyl (C=O) groups is 1. The Hall–Kier alpha value is -1.09. The minimum absolute atomic E-state index is 0.0103. The zero-order chi connectivity index (χ0) is 11.4. The number of esters is 1. The van der Waals surface area contributed by atoms with Gasteiger partial charge in [-0.3, -0.25) is 5.41 Å². The molecular weight excluding hydrogens is 239 g/mol. The highest BCUT2D eigenvalue weighted by atomic mass is 35.5. The van der Waals surface area contributed by atoms with Crippen LogP contribution in [-0.2, 0) is 9.53 Å². The largest absolute Gasteiger partial charge is 0.461 e. The molecule has 1 rings (SSSR count). The van der Waals surface area contributed by atoms with Crippen LogP contribution in [0.1, 0.15) is 6.92 Å². The van der Waals surface area contributed by atoms with E-state index < -0.39 is 5.97 Å². The lowest BCUT2D eigenvalue weighted by atomic mass is 10.2. The van der Waals surface area contributed by atoms with Crippen molar-refractivity contribution in [1.82, 2.24) is 0 Å². The molecule has 0 saturated heterocycles. The molecule has 6 heteroatoms. The lowest BCUT2D eigenvalue weighted by Crippen LogP contribution is -2.05. The van der Waals surface area contributed by atoms with Gasteiger partial charge in [0.15, 0.2) is 5.70 Å². The summed E-state index contributed by atoms with van der Waals surface area (Å²) in [7, 11) is 0. The smallest absolute Gasteiger partial charge is 0.358 e. The number of rotatable bonds is 3. The fourth-order valence-electron chi connectivity index (χ4n) is 1.04. The highest BCUT2D eigenvalue weighted by Crippen LogP contribution is 2.28. The second-order valence-electron chi connectivity index (χ2n) is 2.58. The summed E-state index contributed by atoms with van der Waals surface area (Å²) in [6, 6.07) is 0. The van der Waals surface area contributed by atoms with Crippen molar-refractivity contribution >= 4 is 40.8 Å². The molecular formula is C9H8Cl2N2O2. The van der Waals surface area contributed by atoms with E-state index in [2.05, 4.69) is 10.9 Å². The molecule has 1 N–H and O–H groups in total. The Kier molecular flexibility index (Phi) is 4.09. The van der Waals surface area contributed by atoms with E-state index in [1.54, 1.807) is 6.92 Å². The SMILES string of the molecule is CCOC(=O)C1=C(Cl)C(=C=N)C(CCl)=N1. The van der Waals surface area contributed by atoms with Gasteiger partial charge in [-0.05, 0) is 12.8 Å². The Morgan fingerprint density at radius 2 is 2.33 bits per heavy atom. The lowest BCUT2D eigenvalue weighted by molar-refractivity contribution is -0.138. The Balaban J connectivity index is 3.09. The maximum atomic E-state index is 11.4. The van der Waals surface area contributed by atoms with Crippen molar-refractivity contribution in [2.24, 2.45) is 4.99 Å². The van der Waals surface area contributed by atoms with Gasteiger partial charge in [-0.15, -0.1) is 11.6 Å². The summed E-state index contributed by atoms with van der Waals surface area (Å²) in [6.45, 7) is 1.92. The van der Waals surface area contributed by atoms with Gasteiger partial charge in [0.25, 0.3) is 0 Å². The summed E-state index contributed by atoms with van der Waals surface area (Å²) in [6.07, 6.45) is 0. The molecule has 0 aromatic rings. The van der Waals surface area contributed by atoms with E-state index in [1.165, 1.54) is 0 Å². The van der Waals surface area contributed by atoms with Crippen LogP contribution in [-0.4, -0.2) is 30.0 Å². The third kappa shape index (κ3) is 2.29. The summed E-state index contributed by atoms with van der Waals surface area (Å²) in [5.41, 5.74) is 0.596. The van der Waals surface area contributed by atoms with Crippen LogP contribution in [0, 0.1) is 5.41 Å². The van der Waals surface area contributed by atoms with E-state index in [-0.39, 0.29) is 28.8 Å². The number of hydrogen-bond acceptors (Lipinski definition) is 4. The first-order chi connectivity index (χ1) is 7.15. The first kappa shape index (κ1) is 12.0. The van der Waals surface area contributed by atoms with Crippen molar-refractivity contribution in [3.8, 4) is 0 Å². The molecule has 0 spiro atoms. The van der Waals surface area contributed by atoms with Crippen LogP contribution in [0.15, 0.2) is 21.3 Å². The van der Waals surface area contributed by atoms with Crippen molar-refractivity contribution in [2.45, 2.75) is 6.92 Å². The molecule has 0 atom stereocenters. The number of nitrogens with one attached hydrogen (secondary N) is 1. The molecule has 0 aromatic carbocycles. The maximum absolute atomic E-state index is 11.4. The highest BCUT2D eigenvalue weighted by Gasteiger charge is 2.27. The minimum atomic E-state index is -0.615. The van der Waals surface area contributed by atoms with E-state index >= 15 is 0 Å². The molecule has 0 bridgehead atoms. The van der Waals surface area contributed by atoms with Crippen LogP contribution in [0.5, 0.6) is 0 Å². The Bertz CT molecular complexity index is 406. The van der Waals surface area contributed by atoms with Crippen molar-refractivity contribution in [3.63, 3.8) is 0 Å². The molecule has 0 fully saturated rings. The fraction of sp³-hybridized carbons (Fsp3) is 0.333. The number of halogens is 2. The van der Waals surface area contributed by atoms with E-state index in [0.29, 0.717) is 5.71 Å². The lowest BCUT2D eigenvalue weighted by Gasteiger charge is -1.99. The van der Waals surface area contributed by atoms with Crippen LogP contribution < -0.4 is 0 Å². The maximum Gasteiger partial charge on any atom is 0.358 e. The Morgan fingerprint density at radius 1 is 1.67 bits per heavy atom. The van der Waals surface area contributed by atoms with E-state index in [9.17, 15) is 4.79 Å². The fourth-order valence-corrected chi connectivity index (χ4v) is 1.51. The minimum Gasteiger partial charge on any atom is -0.461 e. The molecule has 0 radical (unpaired) electrons. The normalized spacial score (nSPS) is 15.1. The number of carbonyl (C=O) groups excluding carboxylic acids is 1. The molecule has 0 unspecified atom stereocenters. The van der Waals surface area contributed by atoms with Gasteiger partial charge >= 0.3 is 5.97 Å². The monoisotopic (exact) mass is 246 g/mol. The third-order valence-corrected chi connectivity index (χ3v) is 2.30. The summed E-state index contributed by atoms with van der Waals surface area (Å²) < 4.78 is 4.75. The van der Waals surface area contributed by atoms with Gasteiger partial charge < -0.3 is 4.74 Å². The molecule has 15 heavy (non-hydrogen) atoms. The highest BCUT2D eigenvalue weighted by molar-refractivity contribution is 6.44. The van der Waals surface area contributed by atoms with E-state index in [1.807, 2.05) is 0 Å². The average Bonchev–Trinajstić information content (AvgIpc) is 2.55. The second-order valence-corrected chi connectivity index (χ2v) is 3.22. The van der Waals surface area contributed by atoms with E-state index in [4.69, 9.17) is 33.3 Å². The number of allylic oxidation sites excluding steroid dienone is 2. The predicted octanol–water partition coefficient (Wildman–Crippen LogP) is 1.87. The average molecular weight is 247 g/mol. The van der Waals surface area contributed by atoms with Crippen LogP contribution in [0.2, 0.25) is 0 Å².